The molecule has 26 heavy (non-hydrogen) atoms. The van der Waals surface area contributed by atoms with Crippen LogP contribution in [0.15, 0.2) is 42.5 Å². The van der Waals surface area contributed by atoms with Crippen LogP contribution >= 0.6 is 0 Å². The molecule has 0 radical (unpaired) electrons. The van der Waals surface area contributed by atoms with E-state index >= 15 is 0 Å². The topological polar surface area (TPSA) is 55.4 Å². The summed E-state index contributed by atoms with van der Waals surface area (Å²) in [6, 6.07) is 11.6. The molecule has 136 valence electrons. The Bertz CT molecular complexity index is 819. The molecule has 0 aliphatic heterocycles. The third-order valence-electron chi connectivity index (χ3n) is 4.68. The van der Waals surface area contributed by atoms with E-state index in [1.54, 1.807) is 0 Å². The quantitative estimate of drug-likeness (QED) is 0.832. The van der Waals surface area contributed by atoms with Gasteiger partial charge in [0.05, 0.1) is 11.6 Å². The van der Waals surface area contributed by atoms with Gasteiger partial charge in [0.15, 0.2) is 6.61 Å². The van der Waals surface area contributed by atoms with Gasteiger partial charge >= 0.3 is 5.97 Å². The average Bonchev–Trinajstić information content (AvgIpc) is 2.66. The van der Waals surface area contributed by atoms with Crippen molar-refractivity contribution in [3.8, 4) is 0 Å². The molecule has 0 saturated carbocycles. The molecule has 2 aromatic carbocycles. The zero-order valence-electron chi connectivity index (χ0n) is 14.8. The number of nitrogens with one attached hydrogen (secondary N) is 1. The van der Waals surface area contributed by atoms with Crippen molar-refractivity contribution in [3.05, 3.63) is 70.5 Å². The molecule has 0 spiro atoms. The van der Waals surface area contributed by atoms with Gasteiger partial charge in [0.25, 0.3) is 5.91 Å². The van der Waals surface area contributed by atoms with E-state index in [9.17, 15) is 14.0 Å². The number of aryl methyl sites for hydroxylation is 2. The van der Waals surface area contributed by atoms with Crippen LogP contribution in [-0.4, -0.2) is 18.5 Å². The first-order valence-electron chi connectivity index (χ1n) is 8.87. The van der Waals surface area contributed by atoms with Crippen LogP contribution in [0.5, 0.6) is 0 Å². The van der Waals surface area contributed by atoms with E-state index in [2.05, 4.69) is 17.4 Å². The number of hydrogen-bond acceptors (Lipinski definition) is 3. The molecule has 1 amide bonds. The molecule has 3 rings (SSSR count). The second-order valence-electron chi connectivity index (χ2n) is 6.58. The predicted molar refractivity (Wildman–Crippen MR) is 96.3 cm³/mol. The van der Waals surface area contributed by atoms with Crippen LogP contribution in [0.25, 0.3) is 0 Å². The fourth-order valence-corrected chi connectivity index (χ4v) is 3.22. The number of carbonyl (C=O) groups excluding carboxylic acids is 2. The number of rotatable bonds is 5. The van der Waals surface area contributed by atoms with Crippen LogP contribution in [0.4, 0.5) is 4.39 Å². The van der Waals surface area contributed by atoms with Crippen molar-refractivity contribution in [3.63, 3.8) is 0 Å². The SMILES string of the molecule is C[C@@H](NC(=O)COC(=O)c1ccccc1F)c1ccc2c(c1)CCCC2. The predicted octanol–water partition coefficient (Wildman–Crippen LogP) is 3.74. The summed E-state index contributed by atoms with van der Waals surface area (Å²) in [5, 5.41) is 2.81. The molecule has 1 aliphatic rings. The highest BCUT2D eigenvalue weighted by Crippen LogP contribution is 2.24. The van der Waals surface area contributed by atoms with Gasteiger partial charge in [0.2, 0.25) is 0 Å². The Kier molecular flexibility index (Phi) is 5.66. The van der Waals surface area contributed by atoms with E-state index in [1.165, 1.54) is 48.2 Å². The first-order chi connectivity index (χ1) is 12.5. The number of halogens is 1. The van der Waals surface area contributed by atoms with Gasteiger partial charge in [-0.05, 0) is 61.4 Å². The first-order valence-corrected chi connectivity index (χ1v) is 8.87. The number of hydrogen-bond donors (Lipinski definition) is 1. The van der Waals surface area contributed by atoms with E-state index in [0.717, 1.165) is 18.4 Å². The third-order valence-corrected chi connectivity index (χ3v) is 4.68. The van der Waals surface area contributed by atoms with Gasteiger partial charge in [-0.1, -0.05) is 30.3 Å². The molecule has 2 aromatic rings. The highest BCUT2D eigenvalue weighted by molar-refractivity contribution is 5.91. The van der Waals surface area contributed by atoms with E-state index in [-0.39, 0.29) is 11.6 Å². The molecule has 1 aliphatic carbocycles. The minimum absolute atomic E-state index is 0.178. The van der Waals surface area contributed by atoms with Crippen LogP contribution < -0.4 is 5.32 Å². The van der Waals surface area contributed by atoms with E-state index in [1.807, 2.05) is 13.0 Å². The zero-order chi connectivity index (χ0) is 18.5. The summed E-state index contributed by atoms with van der Waals surface area (Å²) in [5.74, 6) is -1.93. The summed E-state index contributed by atoms with van der Waals surface area (Å²) in [5.41, 5.74) is 3.58. The fraction of sp³-hybridized carbons (Fsp3) is 0.333. The lowest BCUT2D eigenvalue weighted by Crippen LogP contribution is -2.31. The Balaban J connectivity index is 1.54. The summed E-state index contributed by atoms with van der Waals surface area (Å²) >= 11 is 0. The Morgan fingerprint density at radius 2 is 1.85 bits per heavy atom. The third kappa shape index (κ3) is 4.28. The van der Waals surface area contributed by atoms with Crippen LogP contribution in [0, 0.1) is 5.82 Å². The van der Waals surface area contributed by atoms with Gasteiger partial charge in [-0.3, -0.25) is 4.79 Å². The van der Waals surface area contributed by atoms with Crippen LogP contribution in [0.2, 0.25) is 0 Å². The molecule has 0 fully saturated rings. The highest BCUT2D eigenvalue weighted by Gasteiger charge is 2.17. The highest BCUT2D eigenvalue weighted by atomic mass is 19.1. The molecule has 0 bridgehead atoms. The second-order valence-corrected chi connectivity index (χ2v) is 6.58. The van der Waals surface area contributed by atoms with Crippen molar-refractivity contribution in [1.29, 1.82) is 0 Å². The number of benzene rings is 2. The lowest BCUT2D eigenvalue weighted by molar-refractivity contribution is -0.124. The summed E-state index contributed by atoms with van der Waals surface area (Å²) in [4.78, 5) is 23.9. The Hall–Kier alpha value is -2.69. The maximum Gasteiger partial charge on any atom is 0.341 e. The Morgan fingerprint density at radius 1 is 1.12 bits per heavy atom. The van der Waals surface area contributed by atoms with Crippen LogP contribution in [0.3, 0.4) is 0 Å². The van der Waals surface area contributed by atoms with E-state index in [4.69, 9.17) is 4.74 Å². The molecular formula is C21H22FNO3. The van der Waals surface area contributed by atoms with Crippen molar-refractivity contribution in [2.45, 2.75) is 38.6 Å². The second kappa shape index (κ2) is 8.13. The van der Waals surface area contributed by atoms with Gasteiger partial charge in [0, 0.05) is 0 Å². The number of ether oxygens (including phenoxy) is 1. The molecule has 0 aromatic heterocycles. The van der Waals surface area contributed by atoms with Crippen molar-refractivity contribution in [2.24, 2.45) is 0 Å². The monoisotopic (exact) mass is 355 g/mol. The molecule has 1 N–H and O–H groups in total. The maximum atomic E-state index is 13.5. The smallest absolute Gasteiger partial charge is 0.341 e. The molecule has 0 heterocycles. The largest absolute Gasteiger partial charge is 0.452 e. The molecule has 1 atom stereocenters. The van der Waals surface area contributed by atoms with Gasteiger partial charge < -0.3 is 10.1 Å². The standard InChI is InChI=1S/C21H22FNO3/c1-14(16-11-10-15-6-2-3-7-17(15)12-16)23-20(24)13-26-21(25)18-8-4-5-9-19(18)22/h4-5,8-12,14H,2-3,6-7,13H2,1H3,(H,23,24)/t14-/m1/s1. The number of fused-ring (bicyclic) bond motifs is 1. The van der Waals surface area contributed by atoms with E-state index < -0.39 is 24.3 Å². The summed E-state index contributed by atoms with van der Waals surface area (Å²) in [6.45, 7) is 1.45. The minimum Gasteiger partial charge on any atom is -0.452 e. The lowest BCUT2D eigenvalue weighted by Gasteiger charge is -2.20. The Labute approximate surface area is 152 Å². The normalized spacial score (nSPS) is 14.2. The van der Waals surface area contributed by atoms with Gasteiger partial charge in [-0.2, -0.15) is 0 Å². The van der Waals surface area contributed by atoms with Crippen molar-refractivity contribution in [2.75, 3.05) is 6.61 Å². The molecule has 4 nitrogen and oxygen atoms in total. The van der Waals surface area contributed by atoms with Gasteiger partial charge in [0.1, 0.15) is 5.82 Å². The van der Waals surface area contributed by atoms with Crippen molar-refractivity contribution in [1.82, 2.24) is 5.32 Å². The van der Waals surface area contributed by atoms with Gasteiger partial charge in [-0.25, -0.2) is 9.18 Å². The first kappa shape index (κ1) is 18.1. The fourth-order valence-electron chi connectivity index (χ4n) is 3.22. The average molecular weight is 355 g/mol. The molecule has 5 heteroatoms. The van der Waals surface area contributed by atoms with Crippen molar-refractivity contribution < 1.29 is 18.7 Å². The zero-order valence-corrected chi connectivity index (χ0v) is 14.8. The number of carbonyl (C=O) groups is 2. The number of amides is 1. The number of esters is 1. The van der Waals surface area contributed by atoms with Crippen LogP contribution in [-0.2, 0) is 22.4 Å². The van der Waals surface area contributed by atoms with Gasteiger partial charge in [-0.15, -0.1) is 0 Å². The summed E-state index contributed by atoms with van der Waals surface area (Å²) in [6.07, 6.45) is 4.61. The van der Waals surface area contributed by atoms with Crippen LogP contribution in [0.1, 0.15) is 52.9 Å². The van der Waals surface area contributed by atoms with E-state index in [0.29, 0.717) is 0 Å². The summed E-state index contributed by atoms with van der Waals surface area (Å²) < 4.78 is 18.4. The maximum absolute atomic E-state index is 13.5. The lowest BCUT2D eigenvalue weighted by atomic mass is 9.89. The Morgan fingerprint density at radius 3 is 2.62 bits per heavy atom. The molecule has 0 saturated heterocycles. The van der Waals surface area contributed by atoms with Crippen molar-refractivity contribution >= 4 is 11.9 Å². The summed E-state index contributed by atoms with van der Waals surface area (Å²) in [7, 11) is 0. The molecule has 0 unspecified atom stereocenters. The molecular weight excluding hydrogens is 333 g/mol. The minimum atomic E-state index is -0.848.